The largest absolute Gasteiger partial charge is 0.306 e. The summed E-state index contributed by atoms with van der Waals surface area (Å²) in [6.45, 7) is 0. The molecule has 2 aromatic rings. The Morgan fingerprint density at radius 1 is 1.25 bits per heavy atom. The molecule has 0 amide bonds. The van der Waals surface area contributed by atoms with E-state index in [0.717, 1.165) is 5.69 Å². The van der Waals surface area contributed by atoms with Gasteiger partial charge in [0.25, 0.3) is 0 Å². The van der Waals surface area contributed by atoms with E-state index in [2.05, 4.69) is 4.98 Å². The van der Waals surface area contributed by atoms with Crippen LogP contribution >= 0.6 is 0 Å². The standard InChI is InChI=1S/C10H9FN2O2S/c11-16(14,15)7-9-1-3-10(4-2-9)13-6-5-12-8-13/h1-6,8H,7H2. The van der Waals surface area contributed by atoms with E-state index in [1.54, 1.807) is 47.6 Å². The van der Waals surface area contributed by atoms with Gasteiger partial charge >= 0.3 is 10.2 Å². The molecule has 0 saturated carbocycles. The Balaban J connectivity index is 2.24. The predicted octanol–water partition coefficient (Wildman–Crippen LogP) is 1.67. The van der Waals surface area contributed by atoms with E-state index in [1.165, 1.54) is 0 Å². The molecule has 0 unspecified atom stereocenters. The minimum absolute atomic E-state index is 0.423. The second-order valence-corrected chi connectivity index (χ2v) is 4.69. The maximum absolute atomic E-state index is 12.4. The van der Waals surface area contributed by atoms with Gasteiger partial charge in [0.05, 0.1) is 6.33 Å². The van der Waals surface area contributed by atoms with Gasteiger partial charge in [0.2, 0.25) is 0 Å². The van der Waals surface area contributed by atoms with Crippen molar-refractivity contribution >= 4 is 10.2 Å². The Labute approximate surface area is 92.6 Å². The van der Waals surface area contributed by atoms with E-state index in [4.69, 9.17) is 0 Å². The van der Waals surface area contributed by atoms with Gasteiger partial charge in [0.1, 0.15) is 5.75 Å². The van der Waals surface area contributed by atoms with E-state index < -0.39 is 16.0 Å². The smallest absolute Gasteiger partial charge is 0.306 e. The molecule has 0 radical (unpaired) electrons. The lowest BCUT2D eigenvalue weighted by Gasteiger charge is -2.02. The summed E-state index contributed by atoms with van der Waals surface area (Å²) >= 11 is 0. The van der Waals surface area contributed by atoms with Crippen molar-refractivity contribution in [1.29, 1.82) is 0 Å². The Kier molecular flexibility index (Phi) is 2.74. The Bertz CT molecular complexity index is 561. The van der Waals surface area contributed by atoms with Crippen molar-refractivity contribution < 1.29 is 12.3 Å². The summed E-state index contributed by atoms with van der Waals surface area (Å²) in [6, 6.07) is 6.57. The molecule has 0 atom stereocenters. The zero-order valence-electron chi connectivity index (χ0n) is 8.25. The average Bonchev–Trinajstić information content (AvgIpc) is 2.69. The quantitative estimate of drug-likeness (QED) is 0.767. The number of benzene rings is 1. The van der Waals surface area contributed by atoms with Crippen LogP contribution in [0, 0.1) is 0 Å². The van der Waals surface area contributed by atoms with Crippen LogP contribution in [-0.2, 0) is 16.0 Å². The van der Waals surface area contributed by atoms with E-state index >= 15 is 0 Å². The summed E-state index contributed by atoms with van der Waals surface area (Å²) in [5.41, 5.74) is 1.27. The Hall–Kier alpha value is -1.69. The number of imidazole rings is 1. The number of rotatable bonds is 3. The lowest BCUT2D eigenvalue weighted by atomic mass is 10.2. The number of nitrogens with zero attached hydrogens (tertiary/aromatic N) is 2. The van der Waals surface area contributed by atoms with Gasteiger partial charge in [0, 0.05) is 18.1 Å². The van der Waals surface area contributed by atoms with Crippen molar-refractivity contribution in [3.63, 3.8) is 0 Å². The molecule has 0 aliphatic rings. The number of hydrogen-bond donors (Lipinski definition) is 0. The lowest BCUT2D eigenvalue weighted by molar-refractivity contribution is 0.551. The molecule has 1 aromatic heterocycles. The molecule has 0 spiro atoms. The highest BCUT2D eigenvalue weighted by Crippen LogP contribution is 2.12. The zero-order valence-corrected chi connectivity index (χ0v) is 9.06. The van der Waals surface area contributed by atoms with Crippen molar-refractivity contribution in [1.82, 2.24) is 9.55 Å². The predicted molar refractivity (Wildman–Crippen MR) is 57.3 cm³/mol. The lowest BCUT2D eigenvalue weighted by Crippen LogP contribution is -1.97. The van der Waals surface area contributed by atoms with Gasteiger partial charge in [-0.3, -0.25) is 0 Å². The fraction of sp³-hybridized carbons (Fsp3) is 0.100. The third kappa shape index (κ3) is 2.66. The van der Waals surface area contributed by atoms with Gasteiger partial charge in [-0.1, -0.05) is 12.1 Å². The summed E-state index contributed by atoms with van der Waals surface area (Å²) in [4.78, 5) is 3.89. The van der Waals surface area contributed by atoms with E-state index in [1.807, 2.05) is 0 Å². The highest BCUT2D eigenvalue weighted by Gasteiger charge is 2.08. The van der Waals surface area contributed by atoms with Crippen molar-refractivity contribution in [3.05, 3.63) is 48.5 Å². The normalized spacial score (nSPS) is 11.6. The number of aromatic nitrogens is 2. The van der Waals surface area contributed by atoms with Crippen LogP contribution < -0.4 is 0 Å². The summed E-state index contributed by atoms with van der Waals surface area (Å²) in [5.74, 6) is -0.586. The summed E-state index contributed by atoms with van der Waals surface area (Å²) in [6.07, 6.45) is 5.03. The Morgan fingerprint density at radius 2 is 1.94 bits per heavy atom. The monoisotopic (exact) mass is 240 g/mol. The third-order valence-electron chi connectivity index (χ3n) is 2.08. The zero-order chi connectivity index (χ0) is 11.6. The molecular weight excluding hydrogens is 231 g/mol. The van der Waals surface area contributed by atoms with Crippen LogP contribution in [0.1, 0.15) is 5.56 Å². The van der Waals surface area contributed by atoms with Crippen LogP contribution in [0.4, 0.5) is 3.89 Å². The van der Waals surface area contributed by atoms with Gasteiger partial charge in [0.15, 0.2) is 0 Å². The van der Waals surface area contributed by atoms with Crippen LogP contribution in [0.2, 0.25) is 0 Å². The van der Waals surface area contributed by atoms with Gasteiger partial charge in [-0.25, -0.2) is 4.98 Å². The summed E-state index contributed by atoms with van der Waals surface area (Å²) in [7, 11) is -4.46. The van der Waals surface area contributed by atoms with Gasteiger partial charge in [-0.15, -0.1) is 3.89 Å². The summed E-state index contributed by atoms with van der Waals surface area (Å²) in [5, 5.41) is 0. The molecule has 0 N–H and O–H groups in total. The maximum Gasteiger partial charge on any atom is 0.306 e. The van der Waals surface area contributed by atoms with Gasteiger partial charge in [-0.2, -0.15) is 8.42 Å². The van der Waals surface area contributed by atoms with Crippen LogP contribution in [0.5, 0.6) is 0 Å². The van der Waals surface area contributed by atoms with Crippen molar-refractivity contribution in [2.24, 2.45) is 0 Å². The molecule has 0 aliphatic carbocycles. The van der Waals surface area contributed by atoms with Gasteiger partial charge in [-0.05, 0) is 17.7 Å². The first-order chi connectivity index (χ1) is 7.54. The van der Waals surface area contributed by atoms with Crippen molar-refractivity contribution in [2.75, 3.05) is 0 Å². The molecule has 0 saturated heterocycles. The second kappa shape index (κ2) is 4.05. The van der Waals surface area contributed by atoms with Gasteiger partial charge < -0.3 is 4.57 Å². The molecule has 1 heterocycles. The second-order valence-electron chi connectivity index (χ2n) is 3.32. The Morgan fingerprint density at radius 3 is 2.44 bits per heavy atom. The molecule has 0 fully saturated rings. The third-order valence-corrected chi connectivity index (χ3v) is 2.76. The van der Waals surface area contributed by atoms with Crippen LogP contribution in [0.25, 0.3) is 5.69 Å². The van der Waals surface area contributed by atoms with Crippen LogP contribution in [-0.4, -0.2) is 18.0 Å². The minimum Gasteiger partial charge on any atom is -0.306 e. The highest BCUT2D eigenvalue weighted by molar-refractivity contribution is 7.85. The van der Waals surface area contributed by atoms with Crippen LogP contribution in [0.15, 0.2) is 43.0 Å². The summed E-state index contributed by atoms with van der Waals surface area (Å²) < 4.78 is 35.0. The first kappa shape index (κ1) is 10.8. The molecule has 84 valence electrons. The average molecular weight is 240 g/mol. The first-order valence-electron chi connectivity index (χ1n) is 4.54. The minimum atomic E-state index is -4.46. The van der Waals surface area contributed by atoms with E-state index in [-0.39, 0.29) is 0 Å². The topological polar surface area (TPSA) is 52.0 Å². The van der Waals surface area contributed by atoms with Crippen molar-refractivity contribution in [3.8, 4) is 5.69 Å². The number of halogens is 1. The molecule has 6 heteroatoms. The highest BCUT2D eigenvalue weighted by atomic mass is 32.3. The molecule has 2 rings (SSSR count). The van der Waals surface area contributed by atoms with Crippen molar-refractivity contribution in [2.45, 2.75) is 5.75 Å². The van der Waals surface area contributed by atoms with E-state index in [0.29, 0.717) is 5.56 Å². The molecule has 1 aromatic carbocycles. The molecule has 0 aliphatic heterocycles. The maximum atomic E-state index is 12.4. The number of hydrogen-bond acceptors (Lipinski definition) is 3. The first-order valence-corrected chi connectivity index (χ1v) is 6.09. The SMILES string of the molecule is O=S(=O)(F)Cc1ccc(-n2ccnc2)cc1. The van der Waals surface area contributed by atoms with E-state index in [9.17, 15) is 12.3 Å². The molecule has 0 bridgehead atoms. The fourth-order valence-electron chi connectivity index (χ4n) is 1.38. The van der Waals surface area contributed by atoms with Crippen LogP contribution in [0.3, 0.4) is 0 Å². The molecule has 16 heavy (non-hydrogen) atoms. The fourth-order valence-corrected chi connectivity index (χ4v) is 1.97. The molecule has 4 nitrogen and oxygen atoms in total. The molecular formula is C10H9FN2O2S.